The van der Waals surface area contributed by atoms with Crippen LogP contribution in [0.5, 0.6) is 0 Å². The van der Waals surface area contributed by atoms with Gasteiger partial charge in [0.25, 0.3) is 5.91 Å². The third-order valence-electron chi connectivity index (χ3n) is 2.73. The van der Waals surface area contributed by atoms with Gasteiger partial charge in [0.05, 0.1) is 4.88 Å². The quantitative estimate of drug-likeness (QED) is 0.873. The van der Waals surface area contributed by atoms with Gasteiger partial charge in [0.2, 0.25) is 0 Å². The summed E-state index contributed by atoms with van der Waals surface area (Å²) in [5.74, 6) is -0.0362. The number of carbonyl (C=O) groups excluding carboxylic acids is 1. The SMILES string of the molecule is CCc1cc(NC(=O)c2cccs2)ccc1C. The van der Waals surface area contributed by atoms with Gasteiger partial charge in [-0.1, -0.05) is 19.1 Å². The first-order valence-corrected chi connectivity index (χ1v) is 6.53. The maximum Gasteiger partial charge on any atom is 0.265 e. The molecule has 1 N–H and O–H groups in total. The average molecular weight is 245 g/mol. The summed E-state index contributed by atoms with van der Waals surface area (Å²) in [6, 6.07) is 9.74. The number of hydrogen-bond acceptors (Lipinski definition) is 2. The van der Waals surface area contributed by atoms with Gasteiger partial charge in [-0.25, -0.2) is 0 Å². The van der Waals surface area contributed by atoms with Gasteiger partial charge in [-0.3, -0.25) is 4.79 Å². The molecule has 1 aromatic heterocycles. The zero-order valence-corrected chi connectivity index (χ0v) is 10.8. The minimum atomic E-state index is -0.0362. The van der Waals surface area contributed by atoms with Gasteiger partial charge >= 0.3 is 0 Å². The Balaban J connectivity index is 2.16. The van der Waals surface area contributed by atoms with E-state index in [1.807, 2.05) is 35.7 Å². The standard InChI is InChI=1S/C14H15NOS/c1-3-11-9-12(7-6-10(11)2)15-14(16)13-5-4-8-17-13/h4-9H,3H2,1-2H3,(H,15,16). The molecular formula is C14H15NOS. The van der Waals surface area contributed by atoms with E-state index in [-0.39, 0.29) is 5.91 Å². The van der Waals surface area contributed by atoms with Crippen LogP contribution in [0, 0.1) is 6.92 Å². The van der Waals surface area contributed by atoms with Crippen LogP contribution >= 0.6 is 11.3 Å². The Bertz CT molecular complexity index is 517. The Hall–Kier alpha value is -1.61. The molecule has 2 aromatic rings. The number of amides is 1. The van der Waals surface area contributed by atoms with Gasteiger partial charge in [0, 0.05) is 5.69 Å². The molecule has 0 aliphatic heterocycles. The van der Waals surface area contributed by atoms with E-state index < -0.39 is 0 Å². The van der Waals surface area contributed by atoms with Crippen molar-refractivity contribution < 1.29 is 4.79 Å². The molecule has 0 spiro atoms. The molecule has 0 fully saturated rings. The molecule has 2 rings (SSSR count). The smallest absolute Gasteiger partial charge is 0.265 e. The normalized spacial score (nSPS) is 10.2. The second kappa shape index (κ2) is 5.15. The van der Waals surface area contributed by atoms with E-state index >= 15 is 0 Å². The molecule has 88 valence electrons. The molecule has 17 heavy (non-hydrogen) atoms. The van der Waals surface area contributed by atoms with E-state index in [4.69, 9.17) is 0 Å². The summed E-state index contributed by atoms with van der Waals surface area (Å²) in [6.07, 6.45) is 0.981. The van der Waals surface area contributed by atoms with Gasteiger partial charge in [-0.05, 0) is 48.1 Å². The summed E-state index contributed by atoms with van der Waals surface area (Å²) in [4.78, 5) is 12.6. The van der Waals surface area contributed by atoms with E-state index in [1.165, 1.54) is 22.5 Å². The highest BCUT2D eigenvalue weighted by atomic mass is 32.1. The Morgan fingerprint density at radius 1 is 1.35 bits per heavy atom. The number of hydrogen-bond donors (Lipinski definition) is 1. The van der Waals surface area contributed by atoms with Crippen molar-refractivity contribution in [3.05, 3.63) is 51.7 Å². The molecule has 1 aromatic carbocycles. The monoisotopic (exact) mass is 245 g/mol. The minimum absolute atomic E-state index is 0.0362. The summed E-state index contributed by atoms with van der Waals surface area (Å²) < 4.78 is 0. The summed E-state index contributed by atoms with van der Waals surface area (Å²) in [7, 11) is 0. The second-order valence-corrected chi connectivity index (χ2v) is 4.87. The van der Waals surface area contributed by atoms with Crippen LogP contribution in [0.1, 0.15) is 27.7 Å². The number of nitrogens with one attached hydrogen (secondary N) is 1. The summed E-state index contributed by atoms with van der Waals surface area (Å²) in [5, 5.41) is 4.82. The molecule has 2 nitrogen and oxygen atoms in total. The number of benzene rings is 1. The van der Waals surface area contributed by atoms with Gasteiger partial charge in [0.15, 0.2) is 0 Å². The minimum Gasteiger partial charge on any atom is -0.321 e. The highest BCUT2D eigenvalue weighted by Crippen LogP contribution is 2.17. The third-order valence-corrected chi connectivity index (χ3v) is 3.60. The highest BCUT2D eigenvalue weighted by Gasteiger charge is 2.07. The van der Waals surface area contributed by atoms with Crippen LogP contribution in [0.3, 0.4) is 0 Å². The molecule has 3 heteroatoms. The average Bonchev–Trinajstić information content (AvgIpc) is 2.85. The Morgan fingerprint density at radius 2 is 2.18 bits per heavy atom. The van der Waals surface area contributed by atoms with Gasteiger partial charge in [0.1, 0.15) is 0 Å². The maximum atomic E-state index is 11.9. The maximum absolute atomic E-state index is 11.9. The number of anilines is 1. The largest absolute Gasteiger partial charge is 0.321 e. The Kier molecular flexibility index (Phi) is 3.59. The molecule has 0 aliphatic rings. The molecule has 0 aliphatic carbocycles. The number of thiophene rings is 1. The fourth-order valence-electron chi connectivity index (χ4n) is 1.73. The number of aryl methyl sites for hydroxylation is 2. The Labute approximate surface area is 105 Å². The fraction of sp³-hybridized carbons (Fsp3) is 0.214. The van der Waals surface area contributed by atoms with Crippen LogP contribution < -0.4 is 5.32 Å². The molecule has 0 unspecified atom stereocenters. The Morgan fingerprint density at radius 3 is 2.82 bits per heavy atom. The highest BCUT2D eigenvalue weighted by molar-refractivity contribution is 7.12. The summed E-state index contributed by atoms with van der Waals surface area (Å²) in [6.45, 7) is 4.21. The van der Waals surface area contributed by atoms with E-state index in [9.17, 15) is 4.79 Å². The predicted molar refractivity (Wildman–Crippen MR) is 72.8 cm³/mol. The van der Waals surface area contributed by atoms with Crippen molar-refractivity contribution in [3.8, 4) is 0 Å². The molecule has 1 heterocycles. The van der Waals surface area contributed by atoms with Crippen LogP contribution in [-0.2, 0) is 6.42 Å². The first-order chi connectivity index (χ1) is 8.20. The van der Waals surface area contributed by atoms with E-state index in [0.717, 1.165) is 17.0 Å². The lowest BCUT2D eigenvalue weighted by atomic mass is 10.1. The first-order valence-electron chi connectivity index (χ1n) is 5.65. The van der Waals surface area contributed by atoms with Crippen LogP contribution in [0.15, 0.2) is 35.7 Å². The lowest BCUT2D eigenvalue weighted by Crippen LogP contribution is -2.10. The molecule has 1 amide bonds. The zero-order valence-electron chi connectivity index (χ0n) is 9.99. The molecular weight excluding hydrogens is 230 g/mol. The van der Waals surface area contributed by atoms with Crippen LogP contribution in [0.25, 0.3) is 0 Å². The predicted octanol–water partition coefficient (Wildman–Crippen LogP) is 3.87. The molecule has 0 radical (unpaired) electrons. The number of carbonyl (C=O) groups is 1. The topological polar surface area (TPSA) is 29.1 Å². The second-order valence-electron chi connectivity index (χ2n) is 3.93. The zero-order chi connectivity index (χ0) is 12.3. The fourth-order valence-corrected chi connectivity index (χ4v) is 2.35. The lowest BCUT2D eigenvalue weighted by molar-refractivity contribution is 0.103. The van der Waals surface area contributed by atoms with Crippen molar-refractivity contribution in [1.29, 1.82) is 0 Å². The van der Waals surface area contributed by atoms with Crippen molar-refractivity contribution in [3.63, 3.8) is 0 Å². The summed E-state index contributed by atoms with van der Waals surface area (Å²) in [5.41, 5.74) is 3.40. The molecule has 0 saturated heterocycles. The van der Waals surface area contributed by atoms with Crippen molar-refractivity contribution in [1.82, 2.24) is 0 Å². The lowest BCUT2D eigenvalue weighted by Gasteiger charge is -2.08. The van der Waals surface area contributed by atoms with E-state index in [0.29, 0.717) is 0 Å². The van der Waals surface area contributed by atoms with E-state index in [2.05, 4.69) is 19.2 Å². The molecule has 0 bridgehead atoms. The van der Waals surface area contributed by atoms with E-state index in [1.54, 1.807) is 0 Å². The van der Waals surface area contributed by atoms with Gasteiger partial charge in [-0.15, -0.1) is 11.3 Å². The first kappa shape index (κ1) is 11.9. The van der Waals surface area contributed by atoms with Crippen LogP contribution in [0.4, 0.5) is 5.69 Å². The van der Waals surface area contributed by atoms with Crippen molar-refractivity contribution in [2.24, 2.45) is 0 Å². The number of rotatable bonds is 3. The van der Waals surface area contributed by atoms with Gasteiger partial charge < -0.3 is 5.32 Å². The van der Waals surface area contributed by atoms with Crippen LogP contribution in [0.2, 0.25) is 0 Å². The summed E-state index contributed by atoms with van der Waals surface area (Å²) >= 11 is 1.45. The van der Waals surface area contributed by atoms with Gasteiger partial charge in [-0.2, -0.15) is 0 Å². The molecule has 0 atom stereocenters. The third kappa shape index (κ3) is 2.74. The van der Waals surface area contributed by atoms with Crippen LogP contribution in [-0.4, -0.2) is 5.91 Å². The van der Waals surface area contributed by atoms with Crippen molar-refractivity contribution >= 4 is 22.9 Å². The van der Waals surface area contributed by atoms with Crippen molar-refractivity contribution in [2.75, 3.05) is 5.32 Å². The molecule has 0 saturated carbocycles. The van der Waals surface area contributed by atoms with Crippen molar-refractivity contribution in [2.45, 2.75) is 20.3 Å².